The Hall–Kier alpha value is -2.59. The fourth-order valence-corrected chi connectivity index (χ4v) is 11.3. The zero-order chi connectivity index (χ0) is 32.7. The summed E-state index contributed by atoms with van der Waals surface area (Å²) >= 11 is 0. The number of sulfone groups is 1. The number of benzene rings is 3. The van der Waals surface area contributed by atoms with E-state index in [4.69, 9.17) is 19.0 Å². The number of unbranched alkanes of at least 4 members (excludes halogenated alkanes) is 1. The van der Waals surface area contributed by atoms with Crippen LogP contribution in [0.1, 0.15) is 70.4 Å². The van der Waals surface area contributed by atoms with E-state index in [1.54, 1.807) is 24.3 Å². The first-order chi connectivity index (χ1) is 22.7. The van der Waals surface area contributed by atoms with Gasteiger partial charge in [-0.15, -0.1) is 5.06 Å². The van der Waals surface area contributed by atoms with Crippen LogP contribution >= 0.6 is 0 Å². The van der Waals surface area contributed by atoms with Crippen LogP contribution in [0.25, 0.3) is 0 Å². The maximum atomic E-state index is 14.8. The van der Waals surface area contributed by atoms with Crippen molar-refractivity contribution in [1.82, 2.24) is 5.06 Å². The van der Waals surface area contributed by atoms with Gasteiger partial charge in [0.15, 0.2) is 15.6 Å². The van der Waals surface area contributed by atoms with Gasteiger partial charge in [0.05, 0.1) is 30.3 Å². The van der Waals surface area contributed by atoms with E-state index in [-0.39, 0.29) is 23.0 Å². The van der Waals surface area contributed by atoms with Gasteiger partial charge in [-0.1, -0.05) is 99.6 Å². The van der Waals surface area contributed by atoms with Gasteiger partial charge < -0.3 is 14.2 Å². The lowest BCUT2D eigenvalue weighted by Gasteiger charge is -2.42. The molecule has 0 aromatic heterocycles. The Bertz CT molecular complexity index is 1600. The van der Waals surface area contributed by atoms with Gasteiger partial charge in [-0.2, -0.15) is 0 Å². The van der Waals surface area contributed by atoms with Gasteiger partial charge in [0.2, 0.25) is 0 Å². The van der Waals surface area contributed by atoms with E-state index in [1.807, 2.05) is 54.6 Å². The van der Waals surface area contributed by atoms with E-state index in [1.165, 1.54) is 0 Å². The Balaban J connectivity index is 1.16. The highest BCUT2D eigenvalue weighted by Gasteiger charge is 2.78. The third kappa shape index (κ3) is 5.69. The Morgan fingerprint density at radius 1 is 0.809 bits per heavy atom. The third-order valence-corrected chi connectivity index (χ3v) is 14.2. The van der Waals surface area contributed by atoms with Crippen molar-refractivity contribution < 1.29 is 27.5 Å². The molecule has 2 aliphatic heterocycles. The van der Waals surface area contributed by atoms with Crippen molar-refractivity contribution >= 4 is 9.84 Å². The molecule has 3 aromatic rings. The molecule has 2 saturated heterocycles. The molecular weight excluding hydrogens is 610 g/mol. The largest absolute Gasteiger partial charge is 0.377 e. The Morgan fingerprint density at radius 2 is 1.40 bits per heavy atom. The number of nitrogens with zero attached hydrogens (tertiary/aromatic N) is 1. The van der Waals surface area contributed by atoms with Crippen LogP contribution in [0.5, 0.6) is 0 Å². The smallest absolute Gasteiger partial charge is 0.188 e. The van der Waals surface area contributed by atoms with Crippen LogP contribution in [0, 0.1) is 16.7 Å². The van der Waals surface area contributed by atoms with Gasteiger partial charge in [0, 0.05) is 25.0 Å². The molecule has 2 bridgehead atoms. The molecule has 7 nitrogen and oxygen atoms in total. The molecule has 0 unspecified atom stereocenters. The zero-order valence-corrected chi connectivity index (χ0v) is 28.7. The fourth-order valence-electron chi connectivity index (χ4n) is 9.14. The third-order valence-electron chi connectivity index (χ3n) is 12.0. The molecule has 0 spiro atoms. The van der Waals surface area contributed by atoms with E-state index in [9.17, 15) is 8.42 Å². The summed E-state index contributed by atoms with van der Waals surface area (Å²) in [7, 11) is -3.85. The first kappa shape index (κ1) is 32.9. The van der Waals surface area contributed by atoms with Crippen LogP contribution in [0.3, 0.4) is 0 Å². The van der Waals surface area contributed by atoms with E-state index in [2.05, 4.69) is 38.0 Å². The van der Waals surface area contributed by atoms with Crippen LogP contribution in [-0.2, 0) is 42.1 Å². The summed E-state index contributed by atoms with van der Waals surface area (Å²) < 4.78 is 49.0. The van der Waals surface area contributed by atoms with Crippen molar-refractivity contribution in [2.45, 2.75) is 107 Å². The number of rotatable bonds is 14. The Morgan fingerprint density at radius 3 is 2.04 bits per heavy atom. The summed E-state index contributed by atoms with van der Waals surface area (Å²) in [5, 5.41) is 1.17. The zero-order valence-electron chi connectivity index (χ0n) is 27.9. The van der Waals surface area contributed by atoms with E-state index >= 15 is 0 Å². The van der Waals surface area contributed by atoms with Crippen LogP contribution in [0.2, 0.25) is 0 Å². The molecule has 8 heteroatoms. The number of ether oxygens (including phenoxy) is 3. The van der Waals surface area contributed by atoms with E-state index in [0.717, 1.165) is 36.8 Å². The summed E-state index contributed by atoms with van der Waals surface area (Å²) in [6.07, 6.45) is 4.06. The number of hydrogen-bond donors (Lipinski definition) is 0. The molecule has 4 aliphatic rings. The van der Waals surface area contributed by atoms with Gasteiger partial charge >= 0.3 is 0 Å². The molecule has 2 saturated carbocycles. The lowest BCUT2D eigenvalue weighted by atomic mass is 9.70. The summed E-state index contributed by atoms with van der Waals surface area (Å²) in [6, 6.07) is 29.1. The van der Waals surface area contributed by atoms with Crippen LogP contribution < -0.4 is 0 Å². The predicted molar refractivity (Wildman–Crippen MR) is 181 cm³/mol. The molecular formula is C39H49NO6S. The molecule has 4 fully saturated rings. The highest BCUT2D eigenvalue weighted by Crippen LogP contribution is 2.72. The van der Waals surface area contributed by atoms with Crippen molar-refractivity contribution in [3.63, 3.8) is 0 Å². The Labute approximate surface area is 280 Å². The molecule has 0 N–H and O–H groups in total. The first-order valence-electron chi connectivity index (χ1n) is 17.3. The maximum Gasteiger partial charge on any atom is 0.188 e. The topological polar surface area (TPSA) is 74.3 Å². The number of hydrogen-bond acceptors (Lipinski definition) is 7. The lowest BCUT2D eigenvalue weighted by Crippen LogP contribution is -2.54. The van der Waals surface area contributed by atoms with Crippen molar-refractivity contribution in [2.75, 3.05) is 13.2 Å². The molecule has 2 aliphatic carbocycles. The van der Waals surface area contributed by atoms with Gasteiger partial charge in [-0.05, 0) is 66.7 Å². The summed E-state index contributed by atoms with van der Waals surface area (Å²) in [5.74, 6) is 0.363. The summed E-state index contributed by atoms with van der Waals surface area (Å²) in [5.41, 5.74) is 1.15. The van der Waals surface area contributed by atoms with E-state index in [0.29, 0.717) is 50.1 Å². The normalized spacial score (nSPS) is 32.4. The quantitative estimate of drug-likeness (QED) is 0.168. The molecule has 7 atom stereocenters. The second-order valence-corrected chi connectivity index (χ2v) is 16.8. The molecule has 2 heterocycles. The molecule has 252 valence electrons. The maximum absolute atomic E-state index is 14.8. The fraction of sp³-hybridized carbons (Fsp3) is 0.538. The molecule has 7 rings (SSSR count). The van der Waals surface area contributed by atoms with Crippen LogP contribution in [-0.4, -0.2) is 55.9 Å². The second-order valence-electron chi connectivity index (χ2n) is 14.7. The minimum absolute atomic E-state index is 0.0155. The molecule has 3 aromatic carbocycles. The van der Waals surface area contributed by atoms with Gasteiger partial charge in [-0.3, -0.25) is 4.84 Å². The van der Waals surface area contributed by atoms with Crippen molar-refractivity contribution in [2.24, 2.45) is 16.7 Å². The van der Waals surface area contributed by atoms with Crippen LogP contribution in [0.15, 0.2) is 95.9 Å². The monoisotopic (exact) mass is 659 g/mol. The van der Waals surface area contributed by atoms with Crippen molar-refractivity contribution in [1.29, 1.82) is 0 Å². The Kier molecular flexibility index (Phi) is 9.13. The number of hydroxylamine groups is 2. The molecule has 0 amide bonds. The highest BCUT2D eigenvalue weighted by molar-refractivity contribution is 7.92. The summed E-state index contributed by atoms with van der Waals surface area (Å²) in [6.45, 7) is 9.09. The minimum atomic E-state index is -3.85. The average Bonchev–Trinajstić information content (AvgIpc) is 3.70. The molecule has 0 radical (unpaired) electrons. The summed E-state index contributed by atoms with van der Waals surface area (Å²) in [4.78, 5) is 7.23. The SMILES string of the molecule is CC1(C)[C@@H]2CC[C@@]1(C)[C@@H]1O[C@@]3(CCCCOCc4ccccc4)[C@@H](S(=O)(=O)c4ccccc4)[C@H](CCOCc4ccccc4)ON3[C@H]21. The van der Waals surface area contributed by atoms with Gasteiger partial charge in [-0.25, -0.2) is 8.42 Å². The second kappa shape index (κ2) is 13.0. The van der Waals surface area contributed by atoms with Crippen LogP contribution in [0.4, 0.5) is 0 Å². The molecule has 47 heavy (non-hydrogen) atoms. The standard InChI is InChI=1S/C39H49NO6S/c1-37(2)32-21-24-38(37,3)35-34(32)40-39(45-35,23-13-14-25-43-27-29-15-7-4-8-16-29)36(47(41,42)31-19-11-6-12-20-31)33(46-40)22-26-44-28-30-17-9-5-10-18-30/h4-12,15-20,32-36H,13-14,21-28H2,1-3H3/t32-,33+,34-,35-,36+,38+,39+/m1/s1. The first-order valence-corrected chi connectivity index (χ1v) is 18.9. The number of fused-ring (bicyclic) bond motifs is 7. The average molecular weight is 660 g/mol. The lowest BCUT2D eigenvalue weighted by molar-refractivity contribution is -0.241. The van der Waals surface area contributed by atoms with E-state index < -0.39 is 26.9 Å². The predicted octanol–water partition coefficient (Wildman–Crippen LogP) is 7.36. The van der Waals surface area contributed by atoms with Crippen molar-refractivity contribution in [3.05, 3.63) is 102 Å². The van der Waals surface area contributed by atoms with Gasteiger partial charge in [0.1, 0.15) is 11.4 Å². The highest BCUT2D eigenvalue weighted by atomic mass is 32.2. The minimum Gasteiger partial charge on any atom is -0.377 e. The van der Waals surface area contributed by atoms with Gasteiger partial charge in [0.25, 0.3) is 0 Å². The van der Waals surface area contributed by atoms with Crippen molar-refractivity contribution in [3.8, 4) is 0 Å².